The zero-order chi connectivity index (χ0) is 18.7. The molecule has 1 aromatic rings. The maximum absolute atomic E-state index is 12.8. The van der Waals surface area contributed by atoms with E-state index in [1.807, 2.05) is 18.2 Å². The molecule has 2 aliphatic rings. The molecule has 0 aliphatic carbocycles. The van der Waals surface area contributed by atoms with Gasteiger partial charge in [-0.15, -0.1) is 0 Å². The standard InChI is InChI=1S/C19H24N2O5/c22-16(14-5-2-1-3-6-14)21-10-4-7-15(13-21)17(23)20-11-8-19(26,9-12-20)18(24)25/h1-3,5-6,15,26H,4,7-13H2,(H,24,25). The summed E-state index contributed by atoms with van der Waals surface area (Å²) in [6, 6.07) is 9.03. The predicted octanol–water partition coefficient (Wildman–Crippen LogP) is 0.977. The second-order valence-electron chi connectivity index (χ2n) is 7.12. The zero-order valence-electron chi connectivity index (χ0n) is 14.6. The number of likely N-dealkylation sites (tertiary alicyclic amines) is 2. The van der Waals surface area contributed by atoms with Crippen LogP contribution < -0.4 is 0 Å². The van der Waals surface area contributed by atoms with Gasteiger partial charge in [0.15, 0.2) is 5.60 Å². The SMILES string of the molecule is O=C(c1ccccc1)N1CCCC(C(=O)N2CCC(O)(C(=O)O)CC2)C1. The maximum Gasteiger partial charge on any atom is 0.335 e. The van der Waals surface area contributed by atoms with E-state index in [1.165, 1.54) is 0 Å². The summed E-state index contributed by atoms with van der Waals surface area (Å²) in [5.74, 6) is -1.63. The third kappa shape index (κ3) is 3.72. The number of aliphatic carboxylic acids is 1. The Morgan fingerprint density at radius 3 is 2.27 bits per heavy atom. The van der Waals surface area contributed by atoms with Gasteiger partial charge < -0.3 is 20.0 Å². The number of carboxylic acids is 1. The fourth-order valence-electron chi connectivity index (χ4n) is 3.70. The van der Waals surface area contributed by atoms with Crippen LogP contribution in [0.3, 0.4) is 0 Å². The summed E-state index contributed by atoms with van der Waals surface area (Å²) in [6.07, 6.45) is 1.56. The molecule has 2 aliphatic heterocycles. The molecule has 26 heavy (non-hydrogen) atoms. The van der Waals surface area contributed by atoms with Gasteiger partial charge in [-0.05, 0) is 25.0 Å². The number of piperidine rings is 2. The number of carbonyl (C=O) groups is 3. The van der Waals surface area contributed by atoms with Crippen molar-refractivity contribution in [1.29, 1.82) is 0 Å². The smallest absolute Gasteiger partial charge is 0.335 e. The van der Waals surface area contributed by atoms with Gasteiger partial charge in [0, 0.05) is 44.6 Å². The number of benzene rings is 1. The zero-order valence-corrected chi connectivity index (χ0v) is 14.6. The normalized spacial score (nSPS) is 22.7. The summed E-state index contributed by atoms with van der Waals surface area (Å²) in [4.78, 5) is 39.9. The second kappa shape index (κ2) is 7.45. The third-order valence-electron chi connectivity index (χ3n) is 5.38. The van der Waals surface area contributed by atoms with Crippen LogP contribution in [0.4, 0.5) is 0 Å². The molecule has 2 N–H and O–H groups in total. The van der Waals surface area contributed by atoms with E-state index in [9.17, 15) is 19.5 Å². The highest BCUT2D eigenvalue weighted by Gasteiger charge is 2.42. The lowest BCUT2D eigenvalue weighted by molar-refractivity contribution is -0.166. The van der Waals surface area contributed by atoms with Crippen molar-refractivity contribution >= 4 is 17.8 Å². The highest BCUT2D eigenvalue weighted by atomic mass is 16.4. The van der Waals surface area contributed by atoms with E-state index in [0.29, 0.717) is 18.7 Å². The topological polar surface area (TPSA) is 98.2 Å². The summed E-state index contributed by atoms with van der Waals surface area (Å²) in [7, 11) is 0. The van der Waals surface area contributed by atoms with Crippen LogP contribution in [0, 0.1) is 5.92 Å². The molecule has 0 bridgehead atoms. The minimum Gasteiger partial charge on any atom is -0.479 e. The molecular formula is C19H24N2O5. The van der Waals surface area contributed by atoms with Crippen LogP contribution >= 0.6 is 0 Å². The largest absolute Gasteiger partial charge is 0.479 e. The van der Waals surface area contributed by atoms with Gasteiger partial charge in [-0.3, -0.25) is 9.59 Å². The lowest BCUT2D eigenvalue weighted by atomic mass is 9.89. The molecule has 2 fully saturated rings. The van der Waals surface area contributed by atoms with Crippen LogP contribution in [0.5, 0.6) is 0 Å². The van der Waals surface area contributed by atoms with Crippen LogP contribution in [0.2, 0.25) is 0 Å². The molecular weight excluding hydrogens is 336 g/mol. The van der Waals surface area contributed by atoms with E-state index < -0.39 is 11.6 Å². The lowest BCUT2D eigenvalue weighted by Gasteiger charge is -2.39. The molecule has 1 atom stereocenters. The number of nitrogens with zero attached hydrogens (tertiary/aromatic N) is 2. The van der Waals surface area contributed by atoms with Crippen molar-refractivity contribution in [3.05, 3.63) is 35.9 Å². The van der Waals surface area contributed by atoms with E-state index >= 15 is 0 Å². The number of amides is 2. The Morgan fingerprint density at radius 2 is 1.65 bits per heavy atom. The molecule has 2 heterocycles. The summed E-state index contributed by atoms with van der Waals surface area (Å²) in [6.45, 7) is 1.47. The van der Waals surface area contributed by atoms with Gasteiger partial charge in [0.2, 0.25) is 5.91 Å². The van der Waals surface area contributed by atoms with E-state index in [0.717, 1.165) is 12.8 Å². The van der Waals surface area contributed by atoms with Gasteiger partial charge in [0.25, 0.3) is 5.91 Å². The Labute approximate surface area is 152 Å². The van der Waals surface area contributed by atoms with E-state index in [4.69, 9.17) is 5.11 Å². The predicted molar refractivity (Wildman–Crippen MR) is 93.5 cm³/mol. The van der Waals surface area contributed by atoms with Crippen LogP contribution in [-0.4, -0.2) is 69.6 Å². The van der Waals surface area contributed by atoms with E-state index in [-0.39, 0.29) is 43.7 Å². The average Bonchev–Trinajstić information content (AvgIpc) is 2.68. The minimum absolute atomic E-state index is 0.0352. The molecule has 0 spiro atoms. The highest BCUT2D eigenvalue weighted by Crippen LogP contribution is 2.26. The minimum atomic E-state index is -1.74. The number of rotatable bonds is 3. The Kier molecular flexibility index (Phi) is 5.27. The maximum atomic E-state index is 12.8. The Bertz CT molecular complexity index is 682. The number of hydrogen-bond acceptors (Lipinski definition) is 4. The Hall–Kier alpha value is -2.41. The van der Waals surface area contributed by atoms with Crippen molar-refractivity contribution in [2.24, 2.45) is 5.92 Å². The molecule has 2 saturated heterocycles. The monoisotopic (exact) mass is 360 g/mol. The number of carboxylic acid groups (broad SMARTS) is 1. The van der Waals surface area contributed by atoms with Gasteiger partial charge in [0.05, 0.1) is 5.92 Å². The van der Waals surface area contributed by atoms with Gasteiger partial charge in [-0.25, -0.2) is 4.79 Å². The molecule has 1 aromatic carbocycles. The lowest BCUT2D eigenvalue weighted by Crippen LogP contribution is -2.53. The molecule has 0 saturated carbocycles. The number of aliphatic hydroxyl groups is 1. The van der Waals surface area contributed by atoms with Crippen molar-refractivity contribution < 1.29 is 24.6 Å². The first-order chi connectivity index (χ1) is 12.4. The van der Waals surface area contributed by atoms with Crippen LogP contribution in [0.25, 0.3) is 0 Å². The first-order valence-electron chi connectivity index (χ1n) is 8.99. The van der Waals surface area contributed by atoms with Crippen LogP contribution in [0.15, 0.2) is 30.3 Å². The molecule has 1 unspecified atom stereocenters. The second-order valence-corrected chi connectivity index (χ2v) is 7.12. The van der Waals surface area contributed by atoms with Gasteiger partial charge >= 0.3 is 5.97 Å². The number of hydrogen-bond donors (Lipinski definition) is 2. The van der Waals surface area contributed by atoms with Crippen molar-refractivity contribution in [3.63, 3.8) is 0 Å². The average molecular weight is 360 g/mol. The van der Waals surface area contributed by atoms with Crippen molar-refractivity contribution in [1.82, 2.24) is 9.80 Å². The molecule has 2 amide bonds. The van der Waals surface area contributed by atoms with Crippen LogP contribution in [-0.2, 0) is 9.59 Å². The van der Waals surface area contributed by atoms with Crippen molar-refractivity contribution in [2.45, 2.75) is 31.3 Å². The third-order valence-corrected chi connectivity index (χ3v) is 5.38. The number of carbonyl (C=O) groups excluding carboxylic acids is 2. The van der Waals surface area contributed by atoms with Crippen molar-refractivity contribution in [3.8, 4) is 0 Å². The molecule has 0 radical (unpaired) electrons. The quantitative estimate of drug-likeness (QED) is 0.837. The van der Waals surface area contributed by atoms with E-state index in [1.54, 1.807) is 21.9 Å². The fraction of sp³-hybridized carbons (Fsp3) is 0.526. The molecule has 140 valence electrons. The molecule has 7 nitrogen and oxygen atoms in total. The van der Waals surface area contributed by atoms with E-state index in [2.05, 4.69) is 0 Å². The molecule has 7 heteroatoms. The highest BCUT2D eigenvalue weighted by molar-refractivity contribution is 5.94. The molecule has 3 rings (SSSR count). The summed E-state index contributed by atoms with van der Waals surface area (Å²) in [5.41, 5.74) is -1.12. The Morgan fingerprint density at radius 1 is 1.00 bits per heavy atom. The Balaban J connectivity index is 1.60. The fourth-order valence-corrected chi connectivity index (χ4v) is 3.70. The van der Waals surface area contributed by atoms with Crippen molar-refractivity contribution in [2.75, 3.05) is 26.2 Å². The van der Waals surface area contributed by atoms with Crippen LogP contribution in [0.1, 0.15) is 36.0 Å². The first kappa shape index (κ1) is 18.4. The van der Waals surface area contributed by atoms with Gasteiger partial charge in [-0.1, -0.05) is 18.2 Å². The summed E-state index contributed by atoms with van der Waals surface area (Å²) < 4.78 is 0. The first-order valence-corrected chi connectivity index (χ1v) is 8.99. The van der Waals surface area contributed by atoms with Gasteiger partial charge in [-0.2, -0.15) is 0 Å². The molecule has 0 aromatic heterocycles. The van der Waals surface area contributed by atoms with Gasteiger partial charge in [0.1, 0.15) is 0 Å². The summed E-state index contributed by atoms with van der Waals surface area (Å²) >= 11 is 0. The summed E-state index contributed by atoms with van der Waals surface area (Å²) in [5, 5.41) is 19.1.